The molecule has 0 radical (unpaired) electrons. The lowest BCUT2D eigenvalue weighted by molar-refractivity contribution is -0.384. The first-order valence-electron chi connectivity index (χ1n) is 12.1. The molecule has 4 aromatic rings. The largest absolute Gasteiger partial charge is 0.462 e. The van der Waals surface area contributed by atoms with Crippen LogP contribution in [-0.2, 0) is 16.0 Å². The van der Waals surface area contributed by atoms with Gasteiger partial charge in [-0.15, -0.1) is 0 Å². The zero-order valence-corrected chi connectivity index (χ0v) is 21.5. The number of benzene rings is 1. The van der Waals surface area contributed by atoms with Crippen LogP contribution in [0.25, 0.3) is 16.7 Å². The molecule has 1 aliphatic heterocycles. The fourth-order valence-electron chi connectivity index (χ4n) is 4.47. The molecular formula is C26H22ClN5O7. The number of ether oxygens (including phenoxy) is 2. The van der Waals surface area contributed by atoms with E-state index in [-0.39, 0.29) is 51.9 Å². The summed E-state index contributed by atoms with van der Waals surface area (Å²) in [4.78, 5) is 59.4. The fourth-order valence-corrected chi connectivity index (χ4v) is 4.66. The molecule has 1 aromatic carbocycles. The summed E-state index contributed by atoms with van der Waals surface area (Å²) in [5, 5.41) is 11.3. The molecule has 200 valence electrons. The molecule has 0 spiro atoms. The highest BCUT2D eigenvalue weighted by Gasteiger charge is 2.24. The Labute approximate surface area is 225 Å². The number of rotatable bonds is 6. The van der Waals surface area contributed by atoms with Gasteiger partial charge in [-0.25, -0.2) is 9.78 Å². The number of aromatic nitrogens is 3. The van der Waals surface area contributed by atoms with Gasteiger partial charge in [-0.1, -0.05) is 17.7 Å². The van der Waals surface area contributed by atoms with E-state index in [1.54, 1.807) is 31.3 Å². The van der Waals surface area contributed by atoms with Crippen LogP contribution >= 0.6 is 11.6 Å². The monoisotopic (exact) mass is 551 g/mol. The lowest BCUT2D eigenvalue weighted by atomic mass is 10.1. The van der Waals surface area contributed by atoms with E-state index in [0.29, 0.717) is 18.7 Å². The van der Waals surface area contributed by atoms with Gasteiger partial charge in [0.1, 0.15) is 21.9 Å². The zero-order chi connectivity index (χ0) is 27.7. The number of fused-ring (bicyclic) bond motifs is 2. The molecule has 1 amide bonds. The molecular weight excluding hydrogens is 530 g/mol. The lowest BCUT2D eigenvalue weighted by Crippen LogP contribution is -2.35. The van der Waals surface area contributed by atoms with Gasteiger partial charge in [0, 0.05) is 24.4 Å². The van der Waals surface area contributed by atoms with Crippen molar-refractivity contribution in [1.82, 2.24) is 14.0 Å². The van der Waals surface area contributed by atoms with E-state index in [0.717, 1.165) is 12.5 Å². The van der Waals surface area contributed by atoms with Gasteiger partial charge in [0.25, 0.3) is 17.2 Å². The van der Waals surface area contributed by atoms with Crippen molar-refractivity contribution in [3.05, 3.63) is 90.8 Å². The van der Waals surface area contributed by atoms with Gasteiger partial charge >= 0.3 is 5.97 Å². The van der Waals surface area contributed by atoms with E-state index in [2.05, 4.69) is 9.98 Å². The number of nitro groups is 1. The minimum Gasteiger partial charge on any atom is -0.462 e. The van der Waals surface area contributed by atoms with Crippen molar-refractivity contribution in [1.29, 1.82) is 0 Å². The molecule has 0 aliphatic carbocycles. The number of amides is 1. The molecule has 4 heterocycles. The molecule has 0 bridgehead atoms. The fraction of sp³-hybridized carbons (Fsp3) is 0.269. The zero-order valence-electron chi connectivity index (χ0n) is 20.7. The molecule has 1 saturated heterocycles. The van der Waals surface area contributed by atoms with Gasteiger partial charge in [-0.3, -0.25) is 24.1 Å². The van der Waals surface area contributed by atoms with Crippen LogP contribution in [0.5, 0.6) is 0 Å². The molecule has 39 heavy (non-hydrogen) atoms. The van der Waals surface area contributed by atoms with Crippen LogP contribution in [0.2, 0.25) is 5.02 Å². The number of pyridine rings is 2. The van der Waals surface area contributed by atoms with Crippen molar-refractivity contribution >= 4 is 45.8 Å². The number of carbonyl (C=O) groups is 2. The second-order valence-electron chi connectivity index (χ2n) is 8.77. The number of hydrogen-bond acceptors (Lipinski definition) is 8. The maximum absolute atomic E-state index is 13.5. The normalized spacial score (nSPS) is 15.6. The number of carbonyl (C=O) groups excluding carboxylic acids is 2. The highest BCUT2D eigenvalue weighted by atomic mass is 35.5. The SMILES string of the molecule is CCOC(=O)c1cc2c(=O)n3ccccc3nc2n(C[C@H]2CCCO2)c1=NC(=O)c1ccc(Cl)c([N+](=O)[O-])c1. The molecule has 12 nitrogen and oxygen atoms in total. The Hall–Kier alpha value is -4.42. The van der Waals surface area contributed by atoms with Crippen LogP contribution in [0.3, 0.4) is 0 Å². The second kappa shape index (κ2) is 10.8. The van der Waals surface area contributed by atoms with Crippen LogP contribution in [0.15, 0.2) is 58.4 Å². The third kappa shape index (κ3) is 5.03. The number of nitrogens with zero attached hydrogens (tertiary/aromatic N) is 5. The van der Waals surface area contributed by atoms with E-state index < -0.39 is 28.0 Å². The molecule has 3 aromatic heterocycles. The van der Waals surface area contributed by atoms with E-state index in [9.17, 15) is 24.5 Å². The molecule has 1 atom stereocenters. The summed E-state index contributed by atoms with van der Waals surface area (Å²) in [5.41, 5.74) is -0.686. The van der Waals surface area contributed by atoms with E-state index in [4.69, 9.17) is 21.1 Å². The minimum atomic E-state index is -0.863. The van der Waals surface area contributed by atoms with Crippen LogP contribution in [0, 0.1) is 10.1 Å². The van der Waals surface area contributed by atoms with Crippen molar-refractivity contribution in [2.75, 3.05) is 13.2 Å². The Morgan fingerprint density at radius 3 is 2.82 bits per heavy atom. The molecule has 1 aliphatic rings. The minimum absolute atomic E-state index is 0.0360. The highest BCUT2D eigenvalue weighted by molar-refractivity contribution is 6.32. The van der Waals surface area contributed by atoms with Gasteiger partial charge in [-0.05, 0) is 50.1 Å². The van der Waals surface area contributed by atoms with E-state index >= 15 is 0 Å². The Morgan fingerprint density at radius 2 is 2.10 bits per heavy atom. The van der Waals surface area contributed by atoms with Crippen LogP contribution in [0.4, 0.5) is 5.69 Å². The van der Waals surface area contributed by atoms with Crippen LogP contribution < -0.4 is 11.0 Å². The lowest BCUT2D eigenvalue weighted by Gasteiger charge is -2.18. The standard InChI is InChI=1S/C26H22ClN5O7/c1-2-38-26(35)18-13-17-22(28-21-7-3-4-10-30(21)25(17)34)31(14-16-6-5-11-39-16)23(18)29-24(33)15-8-9-19(27)20(12-15)32(36)37/h3-4,7-10,12-13,16H,2,5-6,11,14H2,1H3/t16-/m1/s1. The van der Waals surface area contributed by atoms with E-state index in [1.165, 1.54) is 27.2 Å². The van der Waals surface area contributed by atoms with Gasteiger partial charge < -0.3 is 14.0 Å². The smallest absolute Gasteiger partial charge is 0.341 e. The third-order valence-electron chi connectivity index (χ3n) is 6.29. The summed E-state index contributed by atoms with van der Waals surface area (Å²) in [6, 6.07) is 9.92. The van der Waals surface area contributed by atoms with Crippen molar-refractivity contribution in [2.45, 2.75) is 32.4 Å². The number of nitro benzene ring substituents is 1. The predicted molar refractivity (Wildman–Crippen MR) is 140 cm³/mol. The summed E-state index contributed by atoms with van der Waals surface area (Å²) >= 11 is 5.90. The quantitative estimate of drug-likeness (QED) is 0.153. The Balaban J connectivity index is 1.84. The molecule has 0 saturated carbocycles. The van der Waals surface area contributed by atoms with Crippen molar-refractivity contribution < 1.29 is 24.0 Å². The van der Waals surface area contributed by atoms with Gasteiger partial charge in [-0.2, -0.15) is 4.99 Å². The van der Waals surface area contributed by atoms with Crippen molar-refractivity contribution in [3.8, 4) is 0 Å². The first kappa shape index (κ1) is 26.2. The predicted octanol–water partition coefficient (Wildman–Crippen LogP) is 3.31. The maximum atomic E-state index is 13.5. The molecule has 13 heteroatoms. The summed E-state index contributed by atoms with van der Waals surface area (Å²) in [7, 11) is 0. The highest BCUT2D eigenvalue weighted by Crippen LogP contribution is 2.25. The summed E-state index contributed by atoms with van der Waals surface area (Å²) in [6.45, 7) is 2.35. The average molecular weight is 552 g/mol. The Kier molecular flexibility index (Phi) is 7.22. The van der Waals surface area contributed by atoms with Gasteiger partial charge in [0.05, 0.1) is 29.6 Å². The second-order valence-corrected chi connectivity index (χ2v) is 9.18. The summed E-state index contributed by atoms with van der Waals surface area (Å²) in [5.74, 6) is -1.66. The first-order chi connectivity index (χ1) is 18.8. The van der Waals surface area contributed by atoms with Crippen molar-refractivity contribution in [2.24, 2.45) is 4.99 Å². The molecule has 0 unspecified atom stereocenters. The van der Waals surface area contributed by atoms with Gasteiger partial charge in [0.2, 0.25) is 0 Å². The summed E-state index contributed by atoms with van der Waals surface area (Å²) < 4.78 is 13.9. The molecule has 0 N–H and O–H groups in total. The molecule has 5 rings (SSSR count). The van der Waals surface area contributed by atoms with Crippen LogP contribution in [-0.4, -0.2) is 50.1 Å². The van der Waals surface area contributed by atoms with Crippen LogP contribution in [0.1, 0.15) is 40.5 Å². The van der Waals surface area contributed by atoms with E-state index in [1.807, 2.05) is 0 Å². The average Bonchev–Trinajstić information content (AvgIpc) is 3.43. The Bertz CT molecular complexity index is 1770. The topological polar surface area (TPSA) is 147 Å². The Morgan fingerprint density at radius 1 is 1.28 bits per heavy atom. The number of esters is 1. The summed E-state index contributed by atoms with van der Waals surface area (Å²) in [6.07, 6.45) is 2.81. The van der Waals surface area contributed by atoms with Gasteiger partial charge in [0.15, 0.2) is 5.49 Å². The molecule has 1 fully saturated rings. The maximum Gasteiger partial charge on any atom is 0.341 e. The number of hydrogen-bond donors (Lipinski definition) is 0. The van der Waals surface area contributed by atoms with Crippen molar-refractivity contribution in [3.63, 3.8) is 0 Å². The number of halogens is 1. The first-order valence-corrected chi connectivity index (χ1v) is 12.5. The third-order valence-corrected chi connectivity index (χ3v) is 6.61.